The minimum absolute atomic E-state index is 0. The largest absolute Gasteiger partial charge is 0.496 e. The maximum Gasteiger partial charge on any atom is 0.194 e. The van der Waals surface area contributed by atoms with Gasteiger partial charge >= 0.3 is 0 Å². The molecule has 7 nitrogen and oxygen atoms in total. The molecule has 1 N–H and O–H groups in total. The van der Waals surface area contributed by atoms with Gasteiger partial charge in [-0.2, -0.15) is 5.10 Å². The van der Waals surface area contributed by atoms with Gasteiger partial charge in [0.2, 0.25) is 0 Å². The maximum absolute atomic E-state index is 5.70. The fraction of sp³-hybridized carbons (Fsp3) is 0.583. The molecule has 8 heteroatoms. The van der Waals surface area contributed by atoms with Crippen molar-refractivity contribution < 1.29 is 4.74 Å². The Hall–Kier alpha value is -1.81. The summed E-state index contributed by atoms with van der Waals surface area (Å²) in [6.07, 6.45) is 7.80. The number of methoxy groups -OCH3 is 1. The number of rotatable bonds is 7. The number of aliphatic imine (C=N–C) groups is 1. The molecule has 1 aromatic carbocycles. The standard InChI is InChI=1S/C24H36N6O.HI/c1-4-25-24(30-14-11-19(18-30)20-15-27-28(2)17-20)26-16-22(29-12-7-8-13-29)21-9-5-6-10-23(21)31-3;/h5-6,9-10,15,17,19,22H,4,7-8,11-14,16,18H2,1-3H3,(H,25,26);1H. The molecule has 2 aromatic rings. The molecule has 3 heterocycles. The highest BCUT2D eigenvalue weighted by molar-refractivity contribution is 14.0. The van der Waals surface area contributed by atoms with Crippen LogP contribution in [0.4, 0.5) is 0 Å². The number of aromatic nitrogens is 2. The number of aryl methyl sites for hydroxylation is 1. The summed E-state index contributed by atoms with van der Waals surface area (Å²) in [7, 11) is 3.74. The molecular weight excluding hydrogens is 515 g/mol. The van der Waals surface area contributed by atoms with Crippen LogP contribution in [0.1, 0.15) is 49.3 Å². The van der Waals surface area contributed by atoms with E-state index >= 15 is 0 Å². The molecule has 4 rings (SSSR count). The molecule has 0 aliphatic carbocycles. The Kier molecular flexibility index (Phi) is 9.22. The second kappa shape index (κ2) is 11.9. The van der Waals surface area contributed by atoms with E-state index in [1.807, 2.05) is 24.0 Å². The first-order chi connectivity index (χ1) is 15.2. The summed E-state index contributed by atoms with van der Waals surface area (Å²) >= 11 is 0. The zero-order chi connectivity index (χ0) is 21.6. The summed E-state index contributed by atoms with van der Waals surface area (Å²) < 4.78 is 7.59. The van der Waals surface area contributed by atoms with Gasteiger partial charge in [0.25, 0.3) is 0 Å². The SMILES string of the molecule is CCNC(=NCC(c1ccccc1OC)N1CCCC1)N1CCC(c2cnn(C)c2)C1.I. The Morgan fingerprint density at radius 3 is 2.72 bits per heavy atom. The van der Waals surface area contributed by atoms with Crippen molar-refractivity contribution in [3.63, 3.8) is 0 Å². The molecular formula is C24H37IN6O. The van der Waals surface area contributed by atoms with Crippen molar-refractivity contribution in [3.05, 3.63) is 47.8 Å². The predicted octanol–water partition coefficient (Wildman–Crippen LogP) is 3.64. The third-order valence-electron chi connectivity index (χ3n) is 6.51. The average molecular weight is 553 g/mol. The number of hydrogen-bond donors (Lipinski definition) is 1. The fourth-order valence-corrected chi connectivity index (χ4v) is 4.88. The number of para-hydroxylation sites is 1. The first kappa shape index (κ1) is 24.8. The van der Waals surface area contributed by atoms with E-state index in [1.54, 1.807) is 7.11 Å². The van der Waals surface area contributed by atoms with Crippen LogP contribution in [0.15, 0.2) is 41.7 Å². The molecule has 0 radical (unpaired) electrons. The van der Waals surface area contributed by atoms with Crippen molar-refractivity contribution in [2.45, 2.75) is 38.1 Å². The molecule has 0 saturated carbocycles. The molecule has 32 heavy (non-hydrogen) atoms. The third kappa shape index (κ3) is 5.75. The van der Waals surface area contributed by atoms with Gasteiger partial charge in [-0.1, -0.05) is 18.2 Å². The summed E-state index contributed by atoms with van der Waals surface area (Å²) in [5, 5.41) is 7.89. The number of benzene rings is 1. The van der Waals surface area contributed by atoms with Gasteiger partial charge in [0.1, 0.15) is 5.75 Å². The van der Waals surface area contributed by atoms with E-state index in [4.69, 9.17) is 9.73 Å². The normalized spacial score (nSPS) is 20.3. The van der Waals surface area contributed by atoms with Crippen molar-refractivity contribution >= 4 is 29.9 Å². The Morgan fingerprint density at radius 1 is 1.25 bits per heavy atom. The summed E-state index contributed by atoms with van der Waals surface area (Å²) in [5.41, 5.74) is 2.56. The van der Waals surface area contributed by atoms with Crippen LogP contribution in [-0.4, -0.2) is 71.9 Å². The Labute approximate surface area is 209 Å². The lowest BCUT2D eigenvalue weighted by Gasteiger charge is -2.29. The predicted molar refractivity (Wildman–Crippen MR) is 140 cm³/mol. The molecule has 1 aromatic heterocycles. The summed E-state index contributed by atoms with van der Waals surface area (Å²) in [4.78, 5) is 10.1. The van der Waals surface area contributed by atoms with Crippen molar-refractivity contribution in [3.8, 4) is 5.75 Å². The smallest absolute Gasteiger partial charge is 0.194 e. The van der Waals surface area contributed by atoms with E-state index in [1.165, 1.54) is 24.0 Å². The highest BCUT2D eigenvalue weighted by Crippen LogP contribution is 2.32. The number of nitrogens with zero attached hydrogens (tertiary/aromatic N) is 5. The lowest BCUT2D eigenvalue weighted by Crippen LogP contribution is -2.40. The molecule has 2 atom stereocenters. The van der Waals surface area contributed by atoms with Gasteiger partial charge in [-0.25, -0.2) is 0 Å². The van der Waals surface area contributed by atoms with E-state index in [-0.39, 0.29) is 30.0 Å². The van der Waals surface area contributed by atoms with Crippen molar-refractivity contribution in [1.29, 1.82) is 0 Å². The lowest BCUT2D eigenvalue weighted by atomic mass is 10.0. The third-order valence-corrected chi connectivity index (χ3v) is 6.51. The van der Waals surface area contributed by atoms with Crippen LogP contribution in [0.25, 0.3) is 0 Å². The van der Waals surface area contributed by atoms with E-state index in [0.717, 1.165) is 57.4 Å². The van der Waals surface area contributed by atoms with Crippen LogP contribution >= 0.6 is 24.0 Å². The monoisotopic (exact) mass is 552 g/mol. The molecule has 2 fully saturated rings. The Bertz CT molecular complexity index is 879. The number of halogens is 1. The fourth-order valence-electron chi connectivity index (χ4n) is 4.88. The molecule has 176 valence electrons. The number of likely N-dealkylation sites (tertiary alicyclic amines) is 2. The first-order valence-electron chi connectivity index (χ1n) is 11.6. The van der Waals surface area contributed by atoms with Crippen LogP contribution in [0, 0.1) is 0 Å². The summed E-state index contributed by atoms with van der Waals surface area (Å²) in [5.74, 6) is 2.49. The van der Waals surface area contributed by atoms with Crippen LogP contribution in [0.2, 0.25) is 0 Å². The van der Waals surface area contributed by atoms with Crippen molar-refractivity contribution in [2.24, 2.45) is 12.0 Å². The summed E-state index contributed by atoms with van der Waals surface area (Å²) in [6.45, 7) is 8.01. The zero-order valence-corrected chi connectivity index (χ0v) is 21.9. The average Bonchev–Trinajstić information content (AvgIpc) is 3.55. The van der Waals surface area contributed by atoms with Crippen molar-refractivity contribution in [1.82, 2.24) is 24.9 Å². The molecule has 2 aliphatic rings. The Morgan fingerprint density at radius 2 is 2.03 bits per heavy atom. The van der Waals surface area contributed by atoms with Crippen LogP contribution < -0.4 is 10.1 Å². The number of nitrogens with one attached hydrogen (secondary N) is 1. The van der Waals surface area contributed by atoms with Gasteiger partial charge < -0.3 is 15.0 Å². The first-order valence-corrected chi connectivity index (χ1v) is 11.6. The van der Waals surface area contributed by atoms with Gasteiger partial charge in [-0.3, -0.25) is 14.6 Å². The number of guanidine groups is 1. The topological polar surface area (TPSA) is 57.9 Å². The quantitative estimate of drug-likeness (QED) is 0.323. The second-order valence-corrected chi connectivity index (χ2v) is 8.57. The molecule has 0 spiro atoms. The van der Waals surface area contributed by atoms with Gasteiger partial charge in [0, 0.05) is 44.4 Å². The second-order valence-electron chi connectivity index (χ2n) is 8.57. The molecule has 0 bridgehead atoms. The lowest BCUT2D eigenvalue weighted by molar-refractivity contribution is 0.245. The minimum Gasteiger partial charge on any atom is -0.496 e. The Balaban J connectivity index is 0.00000289. The van der Waals surface area contributed by atoms with E-state index < -0.39 is 0 Å². The summed E-state index contributed by atoms with van der Waals surface area (Å²) in [6, 6.07) is 8.64. The van der Waals surface area contributed by atoms with Crippen molar-refractivity contribution in [2.75, 3.05) is 46.4 Å². The molecule has 2 unspecified atom stereocenters. The van der Waals surface area contributed by atoms with E-state index in [9.17, 15) is 0 Å². The van der Waals surface area contributed by atoms with Gasteiger partial charge in [0.05, 0.1) is 25.9 Å². The van der Waals surface area contributed by atoms with Crippen LogP contribution in [0.5, 0.6) is 5.75 Å². The highest BCUT2D eigenvalue weighted by Gasteiger charge is 2.29. The van der Waals surface area contributed by atoms with E-state index in [0.29, 0.717) is 5.92 Å². The maximum atomic E-state index is 5.70. The van der Waals surface area contributed by atoms with Gasteiger partial charge in [-0.05, 0) is 50.9 Å². The molecule has 2 saturated heterocycles. The van der Waals surface area contributed by atoms with E-state index in [2.05, 4.69) is 51.5 Å². The number of hydrogen-bond acceptors (Lipinski definition) is 4. The highest BCUT2D eigenvalue weighted by atomic mass is 127. The van der Waals surface area contributed by atoms with Crippen LogP contribution in [-0.2, 0) is 7.05 Å². The minimum atomic E-state index is 0. The number of ether oxygens (including phenoxy) is 1. The van der Waals surface area contributed by atoms with Gasteiger partial charge in [0.15, 0.2) is 5.96 Å². The van der Waals surface area contributed by atoms with Crippen LogP contribution in [0.3, 0.4) is 0 Å². The van der Waals surface area contributed by atoms with Gasteiger partial charge in [-0.15, -0.1) is 24.0 Å². The zero-order valence-electron chi connectivity index (χ0n) is 19.5. The molecule has 0 amide bonds. The molecule has 2 aliphatic heterocycles.